The van der Waals surface area contributed by atoms with Gasteiger partial charge in [0.25, 0.3) is 5.91 Å². The van der Waals surface area contributed by atoms with Crippen molar-refractivity contribution in [2.75, 3.05) is 39.3 Å². The van der Waals surface area contributed by atoms with E-state index in [1.807, 2.05) is 0 Å². The Kier molecular flexibility index (Phi) is 7.81. The van der Waals surface area contributed by atoms with Gasteiger partial charge in [-0.05, 0) is 17.2 Å². The van der Waals surface area contributed by atoms with Gasteiger partial charge in [-0.25, -0.2) is 4.79 Å². The maximum Gasteiger partial charge on any atom is 0.416 e. The number of hydrogen-bond acceptors (Lipinski definition) is 4. The quantitative estimate of drug-likeness (QED) is 0.529. The van der Waals surface area contributed by atoms with E-state index in [2.05, 4.69) is 11.9 Å². The number of amides is 5. The molecule has 0 spiro atoms. The fourth-order valence-electron chi connectivity index (χ4n) is 5.79. The van der Waals surface area contributed by atoms with E-state index in [0.29, 0.717) is 18.7 Å². The standard InChI is InChI=1S/C30H30F3N5O4/c1-3-13-37-23-18-38(26(20-9-5-4-6-10-20)28(41)36-16-14-35(15-17-36)19(2)39)27(40)24(23)25(34-29(37)42)21-11-7-8-12-22(21)30(31,32)33/h3-12,25-26H,1,13-18H2,2H3,(H,34,42)/t25-,26+/m0/s1. The molecular formula is C30H30F3N5O4. The topological polar surface area (TPSA) is 93.3 Å². The molecule has 2 aromatic carbocycles. The first-order valence-electron chi connectivity index (χ1n) is 13.5. The number of carbonyl (C=O) groups is 4. The highest BCUT2D eigenvalue weighted by Gasteiger charge is 2.49. The molecule has 12 heteroatoms. The average Bonchev–Trinajstić information content (AvgIpc) is 3.31. The van der Waals surface area contributed by atoms with Gasteiger partial charge < -0.3 is 20.0 Å². The summed E-state index contributed by atoms with van der Waals surface area (Å²) in [6.45, 7) is 6.19. The van der Waals surface area contributed by atoms with Gasteiger partial charge in [-0.3, -0.25) is 19.3 Å². The van der Waals surface area contributed by atoms with E-state index in [1.165, 1.54) is 41.0 Å². The maximum absolute atomic E-state index is 14.2. The Bertz CT molecular complexity index is 1450. The number of urea groups is 1. The van der Waals surface area contributed by atoms with E-state index < -0.39 is 35.8 Å². The molecule has 1 saturated heterocycles. The van der Waals surface area contributed by atoms with Crippen LogP contribution in [0.25, 0.3) is 0 Å². The van der Waals surface area contributed by atoms with Gasteiger partial charge in [0, 0.05) is 39.6 Å². The summed E-state index contributed by atoms with van der Waals surface area (Å²) < 4.78 is 42.1. The van der Waals surface area contributed by atoms with E-state index in [1.54, 1.807) is 40.1 Å². The van der Waals surface area contributed by atoms with Gasteiger partial charge in [0.1, 0.15) is 6.04 Å². The fraction of sp³-hybridized carbons (Fsp3) is 0.333. The summed E-state index contributed by atoms with van der Waals surface area (Å²) in [5, 5.41) is 2.59. The molecular weight excluding hydrogens is 551 g/mol. The largest absolute Gasteiger partial charge is 0.416 e. The van der Waals surface area contributed by atoms with Crippen molar-refractivity contribution in [3.8, 4) is 0 Å². The van der Waals surface area contributed by atoms with Crippen LogP contribution < -0.4 is 5.32 Å². The first-order chi connectivity index (χ1) is 20.0. The van der Waals surface area contributed by atoms with Crippen molar-refractivity contribution in [3.05, 3.63) is 95.2 Å². The van der Waals surface area contributed by atoms with Crippen molar-refractivity contribution in [1.29, 1.82) is 0 Å². The molecule has 0 bridgehead atoms. The normalized spacial score (nSPS) is 20.0. The van der Waals surface area contributed by atoms with Gasteiger partial charge in [-0.2, -0.15) is 13.2 Å². The smallest absolute Gasteiger partial charge is 0.339 e. The summed E-state index contributed by atoms with van der Waals surface area (Å²) in [4.78, 5) is 59.1. The molecule has 5 amide bonds. The molecule has 9 nitrogen and oxygen atoms in total. The van der Waals surface area contributed by atoms with Crippen molar-refractivity contribution in [3.63, 3.8) is 0 Å². The molecule has 0 radical (unpaired) electrons. The molecule has 3 aliphatic heterocycles. The molecule has 0 saturated carbocycles. The Morgan fingerprint density at radius 2 is 1.62 bits per heavy atom. The molecule has 2 aromatic rings. The summed E-state index contributed by atoms with van der Waals surface area (Å²) >= 11 is 0. The zero-order chi connectivity index (χ0) is 30.2. The number of carbonyl (C=O) groups excluding carboxylic acids is 4. The second-order valence-electron chi connectivity index (χ2n) is 10.3. The summed E-state index contributed by atoms with van der Waals surface area (Å²) in [6.07, 6.45) is -3.28. The van der Waals surface area contributed by atoms with Gasteiger partial charge in [-0.1, -0.05) is 54.6 Å². The van der Waals surface area contributed by atoms with Crippen molar-refractivity contribution >= 4 is 23.8 Å². The van der Waals surface area contributed by atoms with Crippen LogP contribution in [-0.2, 0) is 20.6 Å². The van der Waals surface area contributed by atoms with Crippen LogP contribution in [0.4, 0.5) is 18.0 Å². The third kappa shape index (κ3) is 5.24. The lowest BCUT2D eigenvalue weighted by Gasteiger charge is -2.38. The molecule has 0 unspecified atom stereocenters. The highest BCUT2D eigenvalue weighted by Crippen LogP contribution is 2.43. The average molecular weight is 582 g/mol. The second-order valence-corrected chi connectivity index (χ2v) is 10.3. The molecule has 1 N–H and O–H groups in total. The molecule has 1 fully saturated rings. The van der Waals surface area contributed by atoms with Gasteiger partial charge >= 0.3 is 12.2 Å². The molecule has 3 heterocycles. The van der Waals surface area contributed by atoms with Crippen molar-refractivity contribution < 1.29 is 32.3 Å². The number of nitrogens with one attached hydrogen (secondary N) is 1. The van der Waals surface area contributed by atoms with Crippen LogP contribution in [0.3, 0.4) is 0 Å². The first-order valence-corrected chi connectivity index (χ1v) is 13.5. The molecule has 42 heavy (non-hydrogen) atoms. The van der Waals surface area contributed by atoms with Crippen LogP contribution in [0.15, 0.2) is 78.5 Å². The number of nitrogens with zero attached hydrogens (tertiary/aromatic N) is 4. The predicted molar refractivity (Wildman–Crippen MR) is 146 cm³/mol. The minimum Gasteiger partial charge on any atom is -0.339 e. The highest BCUT2D eigenvalue weighted by molar-refractivity contribution is 6.04. The van der Waals surface area contributed by atoms with Crippen molar-refractivity contribution in [2.24, 2.45) is 0 Å². The monoisotopic (exact) mass is 581 g/mol. The molecule has 5 rings (SSSR count). The van der Waals surface area contributed by atoms with Crippen LogP contribution in [-0.4, -0.2) is 82.6 Å². The van der Waals surface area contributed by atoms with E-state index >= 15 is 0 Å². The summed E-state index contributed by atoms with van der Waals surface area (Å²) in [5.41, 5.74) is -0.512. The number of benzene rings is 2. The number of rotatable bonds is 6. The lowest BCUT2D eigenvalue weighted by Crippen LogP contribution is -2.53. The van der Waals surface area contributed by atoms with Crippen LogP contribution >= 0.6 is 0 Å². The number of piperazine rings is 1. The molecule has 0 aliphatic carbocycles. The van der Waals surface area contributed by atoms with Crippen LogP contribution in [0.5, 0.6) is 0 Å². The van der Waals surface area contributed by atoms with Gasteiger partial charge in [0.2, 0.25) is 11.8 Å². The number of hydrogen-bond donors (Lipinski definition) is 1. The highest BCUT2D eigenvalue weighted by atomic mass is 19.4. The molecule has 2 atom stereocenters. The Morgan fingerprint density at radius 1 is 1.00 bits per heavy atom. The van der Waals surface area contributed by atoms with E-state index in [0.717, 1.165) is 6.07 Å². The lowest BCUT2D eigenvalue weighted by molar-refractivity contribution is -0.146. The third-order valence-electron chi connectivity index (χ3n) is 7.84. The molecule has 3 aliphatic rings. The minimum absolute atomic E-state index is 0.0103. The van der Waals surface area contributed by atoms with Crippen LogP contribution in [0.1, 0.15) is 35.7 Å². The first kappa shape index (κ1) is 28.9. The SMILES string of the molecule is C=CCN1C(=O)N[C@@H](c2ccccc2C(F)(F)F)C2=C1CN([C@@H](C(=O)N1CCN(C(C)=O)CC1)c1ccccc1)C2=O. The van der Waals surface area contributed by atoms with Crippen molar-refractivity contribution in [1.82, 2.24) is 24.9 Å². The maximum atomic E-state index is 14.2. The summed E-state index contributed by atoms with van der Waals surface area (Å²) in [7, 11) is 0. The number of halogens is 3. The molecule has 0 aromatic heterocycles. The second kappa shape index (κ2) is 11.3. The Labute approximate surface area is 240 Å². The Balaban J connectivity index is 1.56. The van der Waals surface area contributed by atoms with Crippen LogP contribution in [0.2, 0.25) is 0 Å². The zero-order valence-electron chi connectivity index (χ0n) is 22.9. The summed E-state index contributed by atoms with van der Waals surface area (Å²) in [5.74, 6) is -1.12. The lowest BCUT2D eigenvalue weighted by atomic mass is 9.91. The molecule has 220 valence electrons. The van der Waals surface area contributed by atoms with Crippen molar-refractivity contribution in [2.45, 2.75) is 25.2 Å². The van der Waals surface area contributed by atoms with E-state index in [9.17, 15) is 32.3 Å². The van der Waals surface area contributed by atoms with Crippen LogP contribution in [0, 0.1) is 0 Å². The summed E-state index contributed by atoms with van der Waals surface area (Å²) in [6, 6.07) is 10.3. The Hall–Kier alpha value is -4.61. The van der Waals surface area contributed by atoms with Gasteiger partial charge in [0.05, 0.1) is 29.4 Å². The van der Waals surface area contributed by atoms with Gasteiger partial charge in [-0.15, -0.1) is 6.58 Å². The minimum atomic E-state index is -4.73. The Morgan fingerprint density at radius 3 is 2.24 bits per heavy atom. The van der Waals surface area contributed by atoms with Gasteiger partial charge in [0.15, 0.2) is 0 Å². The number of alkyl halides is 3. The predicted octanol–water partition coefficient (Wildman–Crippen LogP) is 3.49. The van der Waals surface area contributed by atoms with E-state index in [-0.39, 0.29) is 54.8 Å². The fourth-order valence-corrected chi connectivity index (χ4v) is 5.79. The third-order valence-corrected chi connectivity index (χ3v) is 7.84. The zero-order valence-corrected chi connectivity index (χ0v) is 22.9. The van der Waals surface area contributed by atoms with E-state index in [4.69, 9.17) is 0 Å².